The molecule has 0 aromatic heterocycles. The maximum absolute atomic E-state index is 5.79. The number of nitrogens with two attached hydrogens (primary N) is 1. The van der Waals surface area contributed by atoms with Crippen LogP contribution in [0.4, 0.5) is 0 Å². The van der Waals surface area contributed by atoms with Gasteiger partial charge in [0.1, 0.15) is 0 Å². The summed E-state index contributed by atoms with van der Waals surface area (Å²) in [6.07, 6.45) is 9.25. The van der Waals surface area contributed by atoms with Crippen molar-refractivity contribution in [2.75, 3.05) is 13.1 Å². The number of likely N-dealkylation sites (N-methyl/N-ethyl adjacent to an activating group) is 1. The van der Waals surface area contributed by atoms with E-state index in [1.807, 2.05) is 0 Å². The minimum Gasteiger partial charge on any atom is -0.297 e. The molecule has 1 unspecified atom stereocenters. The number of nitrogens with one attached hydrogen (secondary N) is 1. The minimum absolute atomic E-state index is 0.127. The minimum atomic E-state index is 0.127. The first-order valence-electron chi connectivity index (χ1n) is 8.25. The number of hydrogen-bond acceptors (Lipinski definition) is 3. The molecule has 0 aliphatic heterocycles. The number of nitrogens with zero attached hydrogens (tertiary/aromatic N) is 1. The van der Waals surface area contributed by atoms with Crippen molar-refractivity contribution in [3.8, 4) is 0 Å². The highest BCUT2D eigenvalue weighted by Gasteiger charge is 2.32. The van der Waals surface area contributed by atoms with Crippen molar-refractivity contribution < 1.29 is 0 Å². The third kappa shape index (κ3) is 6.73. The van der Waals surface area contributed by atoms with Gasteiger partial charge in [0.2, 0.25) is 0 Å². The maximum atomic E-state index is 5.79. The normalized spacial score (nSPS) is 14.1. The molecule has 19 heavy (non-hydrogen) atoms. The lowest BCUT2D eigenvalue weighted by Gasteiger charge is -2.43. The van der Waals surface area contributed by atoms with E-state index in [-0.39, 0.29) is 5.54 Å². The van der Waals surface area contributed by atoms with E-state index in [0.717, 1.165) is 13.1 Å². The molecule has 0 spiro atoms. The summed E-state index contributed by atoms with van der Waals surface area (Å²) in [6.45, 7) is 13.5. The van der Waals surface area contributed by atoms with Crippen molar-refractivity contribution in [1.82, 2.24) is 10.3 Å². The Morgan fingerprint density at radius 3 is 1.95 bits per heavy atom. The average molecular weight is 271 g/mol. The quantitative estimate of drug-likeness (QED) is 0.323. The van der Waals surface area contributed by atoms with E-state index in [1.165, 1.54) is 44.9 Å². The van der Waals surface area contributed by atoms with Gasteiger partial charge in [-0.3, -0.25) is 16.2 Å². The predicted molar refractivity (Wildman–Crippen MR) is 86.1 cm³/mol. The Labute approximate surface area is 121 Å². The molecule has 0 aromatic carbocycles. The van der Waals surface area contributed by atoms with Crippen LogP contribution >= 0.6 is 0 Å². The van der Waals surface area contributed by atoms with Crippen LogP contribution < -0.4 is 11.3 Å². The molecule has 0 aliphatic rings. The zero-order valence-corrected chi connectivity index (χ0v) is 14.0. The Hall–Kier alpha value is -0.120. The summed E-state index contributed by atoms with van der Waals surface area (Å²) in [5.74, 6) is 5.79. The van der Waals surface area contributed by atoms with E-state index in [0.29, 0.717) is 6.04 Å². The van der Waals surface area contributed by atoms with Gasteiger partial charge in [0.25, 0.3) is 0 Å². The van der Waals surface area contributed by atoms with Crippen LogP contribution in [0.25, 0.3) is 0 Å². The standard InChI is InChI=1S/C16H37N3/c1-6-9-10-11-12-13-14-15(18-17)16(4,5)19(7-2)8-3/h15,18H,6-14,17H2,1-5H3. The summed E-state index contributed by atoms with van der Waals surface area (Å²) in [7, 11) is 0. The van der Waals surface area contributed by atoms with Crippen molar-refractivity contribution >= 4 is 0 Å². The molecule has 3 N–H and O–H groups in total. The molecule has 0 aromatic rings. The number of rotatable bonds is 12. The van der Waals surface area contributed by atoms with Gasteiger partial charge in [-0.05, 0) is 33.4 Å². The predicted octanol–water partition coefficient (Wildman–Crippen LogP) is 3.69. The van der Waals surface area contributed by atoms with Crippen LogP contribution in [-0.4, -0.2) is 29.6 Å². The van der Waals surface area contributed by atoms with Crippen LogP contribution in [0.5, 0.6) is 0 Å². The Kier molecular flexibility index (Phi) is 10.6. The van der Waals surface area contributed by atoms with Crippen LogP contribution in [0, 0.1) is 0 Å². The van der Waals surface area contributed by atoms with E-state index in [1.54, 1.807) is 0 Å². The van der Waals surface area contributed by atoms with Gasteiger partial charge in [-0.15, -0.1) is 0 Å². The molecule has 0 radical (unpaired) electrons. The zero-order valence-electron chi connectivity index (χ0n) is 14.0. The second kappa shape index (κ2) is 10.6. The molecule has 0 bridgehead atoms. The molecule has 0 amide bonds. The first-order valence-corrected chi connectivity index (χ1v) is 8.25. The van der Waals surface area contributed by atoms with Gasteiger partial charge in [0.15, 0.2) is 0 Å². The van der Waals surface area contributed by atoms with Crippen molar-refractivity contribution in [2.45, 2.75) is 91.1 Å². The van der Waals surface area contributed by atoms with Gasteiger partial charge in [0, 0.05) is 11.6 Å². The molecule has 0 heterocycles. The lowest BCUT2D eigenvalue weighted by Crippen LogP contribution is -2.59. The molecule has 1 atom stereocenters. The third-order valence-electron chi connectivity index (χ3n) is 4.48. The summed E-state index contributed by atoms with van der Waals surface area (Å²) in [4.78, 5) is 2.49. The van der Waals surface area contributed by atoms with Gasteiger partial charge in [-0.25, -0.2) is 0 Å². The average Bonchev–Trinajstić information content (AvgIpc) is 2.38. The van der Waals surface area contributed by atoms with E-state index in [9.17, 15) is 0 Å². The lowest BCUT2D eigenvalue weighted by molar-refractivity contribution is 0.0863. The Bertz CT molecular complexity index is 200. The third-order valence-corrected chi connectivity index (χ3v) is 4.48. The summed E-state index contributed by atoms with van der Waals surface area (Å²) >= 11 is 0. The van der Waals surface area contributed by atoms with Gasteiger partial charge >= 0.3 is 0 Å². The largest absolute Gasteiger partial charge is 0.297 e. The van der Waals surface area contributed by atoms with Crippen LogP contribution in [0.1, 0.15) is 79.6 Å². The van der Waals surface area contributed by atoms with E-state index in [4.69, 9.17) is 5.84 Å². The van der Waals surface area contributed by atoms with Crippen LogP contribution in [0.15, 0.2) is 0 Å². The van der Waals surface area contributed by atoms with Gasteiger partial charge in [-0.2, -0.15) is 0 Å². The second-order valence-electron chi connectivity index (χ2n) is 6.10. The van der Waals surface area contributed by atoms with Crippen LogP contribution in [-0.2, 0) is 0 Å². The van der Waals surface area contributed by atoms with Crippen molar-refractivity contribution in [2.24, 2.45) is 5.84 Å². The number of hydrogen-bond donors (Lipinski definition) is 2. The summed E-state index contributed by atoms with van der Waals surface area (Å²) in [5.41, 5.74) is 3.18. The fourth-order valence-corrected chi connectivity index (χ4v) is 3.03. The Balaban J connectivity index is 4.10. The maximum Gasteiger partial charge on any atom is 0.0389 e. The van der Waals surface area contributed by atoms with Crippen molar-refractivity contribution in [1.29, 1.82) is 0 Å². The van der Waals surface area contributed by atoms with E-state index >= 15 is 0 Å². The Morgan fingerprint density at radius 2 is 1.47 bits per heavy atom. The molecule has 0 fully saturated rings. The molecule has 0 saturated carbocycles. The molecule has 0 rings (SSSR count). The van der Waals surface area contributed by atoms with Gasteiger partial charge < -0.3 is 0 Å². The molecule has 3 heteroatoms. The highest BCUT2D eigenvalue weighted by atomic mass is 15.3. The molecule has 0 aliphatic carbocycles. The van der Waals surface area contributed by atoms with Gasteiger partial charge in [-0.1, -0.05) is 59.3 Å². The fourth-order valence-electron chi connectivity index (χ4n) is 3.03. The molecular formula is C16H37N3. The second-order valence-corrected chi connectivity index (χ2v) is 6.10. The highest BCUT2D eigenvalue weighted by molar-refractivity contribution is 4.91. The van der Waals surface area contributed by atoms with Crippen molar-refractivity contribution in [3.63, 3.8) is 0 Å². The first kappa shape index (κ1) is 18.9. The molecular weight excluding hydrogens is 234 g/mol. The topological polar surface area (TPSA) is 41.3 Å². The van der Waals surface area contributed by atoms with Crippen LogP contribution in [0.2, 0.25) is 0 Å². The van der Waals surface area contributed by atoms with Crippen LogP contribution in [0.3, 0.4) is 0 Å². The SMILES string of the molecule is CCCCCCCCC(NN)C(C)(C)N(CC)CC. The number of unbranched alkanes of at least 4 members (excludes halogenated alkanes) is 5. The smallest absolute Gasteiger partial charge is 0.0389 e. The monoisotopic (exact) mass is 271 g/mol. The molecule has 116 valence electrons. The van der Waals surface area contributed by atoms with E-state index < -0.39 is 0 Å². The van der Waals surface area contributed by atoms with E-state index in [2.05, 4.69) is 44.9 Å². The van der Waals surface area contributed by atoms with Gasteiger partial charge in [0.05, 0.1) is 0 Å². The summed E-state index contributed by atoms with van der Waals surface area (Å²) < 4.78 is 0. The Morgan fingerprint density at radius 1 is 0.947 bits per heavy atom. The first-order chi connectivity index (χ1) is 9.04. The highest BCUT2D eigenvalue weighted by Crippen LogP contribution is 2.22. The summed E-state index contributed by atoms with van der Waals surface area (Å²) in [5, 5.41) is 0. The summed E-state index contributed by atoms with van der Waals surface area (Å²) in [6, 6.07) is 0.374. The number of hydrazine groups is 1. The molecule has 3 nitrogen and oxygen atoms in total. The molecule has 0 saturated heterocycles. The van der Waals surface area contributed by atoms with Crippen molar-refractivity contribution in [3.05, 3.63) is 0 Å². The fraction of sp³-hybridized carbons (Fsp3) is 1.00. The lowest BCUT2D eigenvalue weighted by atomic mass is 9.88. The zero-order chi connectivity index (χ0) is 14.7.